The van der Waals surface area contributed by atoms with Crippen molar-refractivity contribution >= 4 is 34.8 Å². The summed E-state index contributed by atoms with van der Waals surface area (Å²) in [5, 5.41) is 11.5. The van der Waals surface area contributed by atoms with Crippen LogP contribution in [0.4, 0.5) is 9.59 Å². The predicted molar refractivity (Wildman–Crippen MR) is 236 cm³/mol. The number of alkyl carbamates (subject to hydrolysis) is 2. The van der Waals surface area contributed by atoms with Gasteiger partial charge >= 0.3 is 12.2 Å². The van der Waals surface area contributed by atoms with Crippen LogP contribution in [0.15, 0.2) is 58.6 Å². The van der Waals surface area contributed by atoms with E-state index in [4.69, 9.17) is 14.2 Å². The second-order valence-corrected chi connectivity index (χ2v) is 18.1. The molecule has 0 radical (unpaired) electrons. The van der Waals surface area contributed by atoms with Crippen LogP contribution in [0.5, 0.6) is 11.5 Å². The lowest BCUT2D eigenvalue weighted by Gasteiger charge is -2.29. The second kappa shape index (κ2) is 22.1. The molecule has 0 spiro atoms. The Morgan fingerprint density at radius 2 is 1.16 bits per heavy atom. The van der Waals surface area contributed by atoms with Crippen molar-refractivity contribution in [2.24, 2.45) is 11.8 Å². The number of rotatable bonds is 18. The number of amides is 4. The zero-order chi connectivity index (χ0) is 44.1. The van der Waals surface area contributed by atoms with Gasteiger partial charge in [-0.05, 0) is 93.5 Å². The number of aromatic nitrogens is 4. The summed E-state index contributed by atoms with van der Waals surface area (Å²) < 4.78 is 29.7. The maximum atomic E-state index is 13.9. The minimum absolute atomic E-state index is 0.112. The topological polar surface area (TPSA) is 219 Å². The van der Waals surface area contributed by atoms with E-state index in [0.29, 0.717) is 47.2 Å². The van der Waals surface area contributed by atoms with Crippen molar-refractivity contribution in [1.82, 2.24) is 41.2 Å². The van der Waals surface area contributed by atoms with Crippen molar-refractivity contribution in [1.29, 1.82) is 0 Å². The van der Waals surface area contributed by atoms with Crippen molar-refractivity contribution < 1.29 is 37.6 Å². The molecule has 2 aliphatic carbocycles. The Morgan fingerprint density at radius 1 is 0.667 bits per heavy atom. The van der Waals surface area contributed by atoms with Crippen molar-refractivity contribution in [3.63, 3.8) is 0 Å². The molecule has 0 saturated heterocycles. The third-order valence-electron chi connectivity index (χ3n) is 12.4. The number of carbonyl (C=O) groups excluding carboxylic acids is 4. The molecule has 2 aromatic heterocycles. The number of benzene rings is 2. The predicted octanol–water partition coefficient (Wildman–Crippen LogP) is 7.23. The molecule has 63 heavy (non-hydrogen) atoms. The molecule has 338 valence electrons. The highest BCUT2D eigenvalue weighted by molar-refractivity contribution is 7.85. The van der Waals surface area contributed by atoms with E-state index in [1.165, 1.54) is 14.2 Å². The Bertz CT molecular complexity index is 2230. The fourth-order valence-electron chi connectivity index (χ4n) is 8.90. The molecule has 1 aliphatic heterocycles. The number of methoxy groups -OCH3 is 2. The summed E-state index contributed by atoms with van der Waals surface area (Å²) in [6, 6.07) is 10.1. The van der Waals surface area contributed by atoms with Crippen LogP contribution in [0.3, 0.4) is 0 Å². The van der Waals surface area contributed by atoms with E-state index in [9.17, 15) is 23.4 Å². The summed E-state index contributed by atoms with van der Waals surface area (Å²) in [6.45, 7) is 0.988. The van der Waals surface area contributed by atoms with E-state index < -0.39 is 35.1 Å². The van der Waals surface area contributed by atoms with E-state index in [1.54, 1.807) is 12.4 Å². The number of carbonyl (C=O) groups is 4. The van der Waals surface area contributed by atoms with Gasteiger partial charge in [-0.25, -0.2) is 23.8 Å². The Kier molecular flexibility index (Phi) is 15.9. The van der Waals surface area contributed by atoms with Gasteiger partial charge in [-0.3, -0.25) is 9.59 Å². The van der Waals surface area contributed by atoms with Crippen LogP contribution in [0.25, 0.3) is 22.5 Å². The van der Waals surface area contributed by atoms with Gasteiger partial charge in [-0.15, -0.1) is 0 Å². The maximum absolute atomic E-state index is 13.9. The van der Waals surface area contributed by atoms with Crippen LogP contribution in [0.2, 0.25) is 0 Å². The normalized spacial score (nSPS) is 17.3. The summed E-state index contributed by atoms with van der Waals surface area (Å²) >= 11 is 0. The number of hydrogen-bond donors (Lipinski definition) is 6. The van der Waals surface area contributed by atoms with Gasteiger partial charge in [0.05, 0.1) is 58.6 Å². The summed E-state index contributed by atoms with van der Waals surface area (Å²) in [5.74, 6) is 2.58. The average Bonchev–Trinajstić information content (AvgIpc) is 4.00. The van der Waals surface area contributed by atoms with Gasteiger partial charge in [0.15, 0.2) is 0 Å². The summed E-state index contributed by atoms with van der Waals surface area (Å²) in [5.41, 5.74) is 3.32. The van der Waals surface area contributed by atoms with Gasteiger partial charge in [0.25, 0.3) is 0 Å². The number of H-pyrrole nitrogens is 2. The Morgan fingerprint density at radius 3 is 1.67 bits per heavy atom. The molecule has 3 heterocycles. The quantitative estimate of drug-likeness (QED) is 0.0485. The molecule has 16 nitrogen and oxygen atoms in total. The van der Waals surface area contributed by atoms with Gasteiger partial charge in [0, 0.05) is 37.1 Å². The number of hydrogen-bond acceptors (Lipinski definition) is 10. The highest BCUT2D eigenvalue weighted by Crippen LogP contribution is 2.43. The maximum Gasteiger partial charge on any atom is 0.407 e. The molecular formula is C46H60N8O8S. The molecule has 7 rings (SSSR count). The van der Waals surface area contributed by atoms with Crippen molar-refractivity contribution in [3.8, 4) is 34.0 Å². The Balaban J connectivity index is 0.866. The third kappa shape index (κ3) is 11.9. The van der Waals surface area contributed by atoms with Crippen molar-refractivity contribution in [2.45, 2.75) is 125 Å². The molecular weight excluding hydrogens is 825 g/mol. The highest BCUT2D eigenvalue weighted by atomic mass is 32.2. The first-order valence-corrected chi connectivity index (χ1v) is 23.6. The zero-order valence-corrected chi connectivity index (χ0v) is 37.0. The number of nitrogens with one attached hydrogen (secondary N) is 6. The zero-order valence-electron chi connectivity index (χ0n) is 36.2. The van der Waals surface area contributed by atoms with Gasteiger partial charge in [-0.2, -0.15) is 0 Å². The molecule has 3 aliphatic rings. The number of aromatic amines is 2. The first kappa shape index (κ1) is 45.3. The first-order valence-electron chi connectivity index (χ1n) is 22.4. The highest BCUT2D eigenvalue weighted by Gasteiger charge is 2.32. The van der Waals surface area contributed by atoms with Gasteiger partial charge in [0.1, 0.15) is 35.2 Å². The molecule has 2 fully saturated rings. The lowest BCUT2D eigenvalue weighted by molar-refractivity contribution is -0.125. The van der Waals surface area contributed by atoms with Crippen molar-refractivity contribution in [3.05, 3.63) is 60.4 Å². The van der Waals surface area contributed by atoms with E-state index in [1.807, 2.05) is 36.4 Å². The monoisotopic (exact) mass is 884 g/mol. The molecule has 2 aromatic carbocycles. The molecule has 6 N–H and O–H groups in total. The number of nitrogens with zero attached hydrogens (tertiary/aromatic N) is 2. The number of unbranched alkanes of at least 4 members (excludes halogenated alkanes) is 2. The first-order chi connectivity index (χ1) is 30.7. The van der Waals surface area contributed by atoms with Crippen molar-refractivity contribution in [2.75, 3.05) is 27.3 Å². The van der Waals surface area contributed by atoms with Gasteiger partial charge in [0.2, 0.25) is 11.8 Å². The largest absolute Gasteiger partial charge is 0.455 e. The fourth-order valence-corrected chi connectivity index (χ4v) is 10.1. The van der Waals surface area contributed by atoms with Crippen LogP contribution in [0.1, 0.15) is 102 Å². The molecule has 4 aromatic rings. The van der Waals surface area contributed by atoms with Gasteiger partial charge < -0.3 is 45.4 Å². The smallest absolute Gasteiger partial charge is 0.407 e. The molecule has 2 saturated carbocycles. The van der Waals surface area contributed by atoms with Crippen LogP contribution in [0, 0.1) is 11.8 Å². The summed E-state index contributed by atoms with van der Waals surface area (Å²) in [6.07, 6.45) is 17.1. The number of ether oxygens (including phenoxy) is 3. The second-order valence-electron chi connectivity index (χ2n) is 16.7. The van der Waals surface area contributed by atoms with Crippen LogP contribution < -0.4 is 26.0 Å². The van der Waals surface area contributed by atoms with Crippen LogP contribution >= 0.6 is 0 Å². The Labute approximate surface area is 370 Å². The molecule has 4 amide bonds. The lowest BCUT2D eigenvalue weighted by atomic mass is 9.83. The minimum Gasteiger partial charge on any atom is -0.455 e. The van der Waals surface area contributed by atoms with Gasteiger partial charge in [-0.1, -0.05) is 44.6 Å². The fraction of sp³-hybridized carbons (Fsp3) is 0.522. The number of aryl methyl sites for hydroxylation is 2. The molecule has 1 unspecified atom stereocenters. The van der Waals surface area contributed by atoms with Crippen LogP contribution in [-0.4, -0.2) is 87.5 Å². The molecule has 17 heteroatoms. The number of fused-ring (bicyclic) bond motifs is 2. The standard InChI is InChI=1S/C46H60N8O8S/c1-60-45(57)53-41(29-13-5-3-6-14-29)43(55)47-23-11-9-17-39-49-27-33(51-39)31-20-22-37-36(25-31)62-35-21-19-32(26-38(35)63(37)59)34-28-50-40(52-34)18-10-12-24-48-44(56)42(54-46(58)61-2)30-15-7-4-8-16-30/h19-22,25-30,41-42H,3-18,23-24H2,1-2H3,(H,47,55)(H,48,56)(H,49,51)(H,50,52)(H,53,57)(H,54,58)/t41-,42-,63?/m0/s1. The third-order valence-corrected chi connectivity index (χ3v) is 13.8. The molecule has 0 bridgehead atoms. The SMILES string of the molecule is COC(=O)N[C@H](C(=O)NCCCCc1ncc(-c2ccc3c(c2)Oc2ccc(-c4cnc(CCCCNC(=O)[C@@H](NC(=O)OC)C5CCCCC5)[nH]4)cc2S3=O)[nH]1)C1CCCCC1. The van der Waals surface area contributed by atoms with E-state index in [0.717, 1.165) is 124 Å². The number of imidazole rings is 2. The lowest BCUT2D eigenvalue weighted by Crippen LogP contribution is -2.51. The van der Waals surface area contributed by atoms with E-state index in [2.05, 4.69) is 41.2 Å². The average molecular weight is 885 g/mol. The molecule has 3 atom stereocenters. The van der Waals surface area contributed by atoms with E-state index in [-0.39, 0.29) is 23.7 Å². The van der Waals surface area contributed by atoms with E-state index >= 15 is 0 Å². The Hall–Kier alpha value is -5.71. The minimum atomic E-state index is -1.47. The summed E-state index contributed by atoms with van der Waals surface area (Å²) in [7, 11) is 1.14. The van der Waals surface area contributed by atoms with Crippen LogP contribution in [-0.2, 0) is 42.7 Å². The summed E-state index contributed by atoms with van der Waals surface area (Å²) in [4.78, 5) is 67.0.